The third-order valence-electron chi connectivity index (χ3n) is 3.50. The van der Waals surface area contributed by atoms with Gasteiger partial charge in [0.1, 0.15) is 12.2 Å². The van der Waals surface area contributed by atoms with E-state index in [4.69, 9.17) is 4.74 Å². The number of ether oxygens (including phenoxy) is 1. The van der Waals surface area contributed by atoms with Crippen LogP contribution >= 0.6 is 22.6 Å². The lowest BCUT2D eigenvalue weighted by atomic mass is 9.75. The molecule has 5 heteroatoms. The molecular weight excluding hydrogens is 341 g/mol. The summed E-state index contributed by atoms with van der Waals surface area (Å²) in [5.41, 5.74) is 1.41. The summed E-state index contributed by atoms with van der Waals surface area (Å²) >= 11 is 2.35. The van der Waals surface area contributed by atoms with Crippen LogP contribution in [-0.2, 0) is 23.6 Å². The average molecular weight is 355 g/mol. The van der Waals surface area contributed by atoms with Gasteiger partial charge in [-0.3, -0.25) is 0 Å². The van der Waals surface area contributed by atoms with Crippen molar-refractivity contribution in [3.63, 3.8) is 0 Å². The lowest BCUT2D eigenvalue weighted by Gasteiger charge is -2.41. The lowest BCUT2D eigenvalue weighted by molar-refractivity contribution is -0.0611. The van der Waals surface area contributed by atoms with Gasteiger partial charge in [0.25, 0.3) is 0 Å². The average Bonchev–Trinajstić information content (AvgIpc) is 2.69. The number of aryl methyl sites for hydroxylation is 1. The predicted molar refractivity (Wildman–Crippen MR) is 76.4 cm³/mol. The van der Waals surface area contributed by atoms with E-state index in [9.17, 15) is 0 Å². The van der Waals surface area contributed by atoms with Gasteiger partial charge in [0.15, 0.2) is 0 Å². The van der Waals surface area contributed by atoms with Gasteiger partial charge in [0.2, 0.25) is 0 Å². The van der Waals surface area contributed by atoms with E-state index in [0.717, 1.165) is 25.5 Å². The molecule has 1 aromatic carbocycles. The van der Waals surface area contributed by atoms with Crippen molar-refractivity contribution in [1.29, 1.82) is 0 Å². The fraction of sp³-hybridized carbons (Fsp3) is 0.385. The van der Waals surface area contributed by atoms with Crippen molar-refractivity contribution in [2.24, 2.45) is 7.05 Å². The maximum atomic E-state index is 5.46. The van der Waals surface area contributed by atoms with Gasteiger partial charge in [-0.2, -0.15) is 0 Å². The Balaban J connectivity index is 1.93. The highest BCUT2D eigenvalue weighted by atomic mass is 127. The number of hydrogen-bond donors (Lipinski definition) is 0. The van der Waals surface area contributed by atoms with E-state index < -0.39 is 0 Å². The van der Waals surface area contributed by atoms with Crippen LogP contribution in [0.5, 0.6) is 0 Å². The van der Waals surface area contributed by atoms with Crippen LogP contribution in [0.2, 0.25) is 0 Å². The van der Waals surface area contributed by atoms with E-state index in [1.807, 2.05) is 11.6 Å². The van der Waals surface area contributed by atoms with Gasteiger partial charge in [-0.05, 0) is 40.3 Å². The SMILES string of the molecule is Cn1cnnc1CC1(c2cccc(I)c2)COC1. The van der Waals surface area contributed by atoms with Crippen LogP contribution in [0, 0.1) is 3.57 Å². The number of nitrogens with zero attached hydrogens (tertiary/aromatic N) is 3. The molecule has 0 atom stereocenters. The molecule has 0 amide bonds. The summed E-state index contributed by atoms with van der Waals surface area (Å²) in [6.07, 6.45) is 2.63. The van der Waals surface area contributed by atoms with Crippen molar-refractivity contribution in [2.45, 2.75) is 11.8 Å². The van der Waals surface area contributed by atoms with Gasteiger partial charge in [-0.25, -0.2) is 0 Å². The summed E-state index contributed by atoms with van der Waals surface area (Å²) in [6, 6.07) is 8.63. The molecule has 0 bridgehead atoms. The van der Waals surface area contributed by atoms with Crippen molar-refractivity contribution in [2.75, 3.05) is 13.2 Å². The van der Waals surface area contributed by atoms with Crippen LogP contribution in [0.4, 0.5) is 0 Å². The molecule has 1 fully saturated rings. The van der Waals surface area contributed by atoms with Crippen molar-refractivity contribution in [1.82, 2.24) is 14.8 Å². The first kappa shape index (κ1) is 12.1. The Hall–Kier alpha value is -0.950. The molecule has 0 saturated carbocycles. The molecule has 0 radical (unpaired) electrons. The molecule has 94 valence electrons. The molecule has 2 aromatic rings. The highest BCUT2D eigenvalue weighted by molar-refractivity contribution is 14.1. The van der Waals surface area contributed by atoms with E-state index in [1.165, 1.54) is 9.13 Å². The lowest BCUT2D eigenvalue weighted by Crippen LogP contribution is -2.49. The molecule has 1 saturated heterocycles. The summed E-state index contributed by atoms with van der Waals surface area (Å²) in [4.78, 5) is 0. The normalized spacial score (nSPS) is 17.4. The first-order valence-corrected chi connectivity index (χ1v) is 6.94. The number of hydrogen-bond acceptors (Lipinski definition) is 3. The minimum Gasteiger partial charge on any atom is -0.379 e. The predicted octanol–water partition coefficient (Wildman–Crippen LogP) is 1.93. The van der Waals surface area contributed by atoms with Gasteiger partial charge < -0.3 is 9.30 Å². The quantitative estimate of drug-likeness (QED) is 0.790. The monoisotopic (exact) mass is 355 g/mol. The van der Waals surface area contributed by atoms with Crippen molar-refractivity contribution in [3.05, 3.63) is 45.6 Å². The zero-order chi connectivity index (χ0) is 12.6. The summed E-state index contributed by atoms with van der Waals surface area (Å²) in [5, 5.41) is 8.13. The Kier molecular flexibility index (Phi) is 3.11. The fourth-order valence-electron chi connectivity index (χ4n) is 2.31. The van der Waals surface area contributed by atoms with Crippen LogP contribution in [0.25, 0.3) is 0 Å². The highest BCUT2D eigenvalue weighted by Crippen LogP contribution is 2.35. The Morgan fingerprint density at radius 1 is 1.44 bits per heavy atom. The third-order valence-corrected chi connectivity index (χ3v) is 4.17. The molecule has 1 aliphatic rings. The molecule has 18 heavy (non-hydrogen) atoms. The van der Waals surface area contributed by atoms with Gasteiger partial charge >= 0.3 is 0 Å². The molecular formula is C13H14IN3O. The van der Waals surface area contributed by atoms with Crippen molar-refractivity contribution >= 4 is 22.6 Å². The molecule has 0 N–H and O–H groups in total. The Morgan fingerprint density at radius 3 is 2.83 bits per heavy atom. The minimum atomic E-state index is 0.0714. The zero-order valence-electron chi connectivity index (χ0n) is 10.1. The van der Waals surface area contributed by atoms with Crippen LogP contribution in [0.15, 0.2) is 30.6 Å². The van der Waals surface area contributed by atoms with E-state index in [-0.39, 0.29) is 5.41 Å². The van der Waals surface area contributed by atoms with Gasteiger partial charge in [0.05, 0.1) is 13.2 Å². The van der Waals surface area contributed by atoms with Crippen LogP contribution in [0.1, 0.15) is 11.4 Å². The first-order valence-electron chi connectivity index (χ1n) is 5.86. The van der Waals surface area contributed by atoms with Gasteiger partial charge in [-0.1, -0.05) is 12.1 Å². The Morgan fingerprint density at radius 2 is 2.28 bits per heavy atom. The minimum absolute atomic E-state index is 0.0714. The van der Waals surface area contributed by atoms with E-state index >= 15 is 0 Å². The molecule has 4 nitrogen and oxygen atoms in total. The maximum Gasteiger partial charge on any atom is 0.133 e. The van der Waals surface area contributed by atoms with Crippen LogP contribution < -0.4 is 0 Å². The van der Waals surface area contributed by atoms with E-state index in [1.54, 1.807) is 6.33 Å². The maximum absolute atomic E-state index is 5.46. The van der Waals surface area contributed by atoms with Gasteiger partial charge in [-0.15, -0.1) is 10.2 Å². The third kappa shape index (κ3) is 2.05. The molecule has 0 unspecified atom stereocenters. The van der Waals surface area contributed by atoms with Crippen LogP contribution in [0.3, 0.4) is 0 Å². The molecule has 3 rings (SSSR count). The van der Waals surface area contributed by atoms with Crippen molar-refractivity contribution in [3.8, 4) is 0 Å². The number of benzene rings is 1. The fourth-order valence-corrected chi connectivity index (χ4v) is 2.85. The largest absolute Gasteiger partial charge is 0.379 e. The topological polar surface area (TPSA) is 39.9 Å². The Bertz CT molecular complexity index is 563. The Labute approximate surface area is 120 Å². The van der Waals surface area contributed by atoms with Crippen LogP contribution in [-0.4, -0.2) is 28.0 Å². The second kappa shape index (κ2) is 4.62. The zero-order valence-corrected chi connectivity index (χ0v) is 12.3. The number of rotatable bonds is 3. The van der Waals surface area contributed by atoms with Gasteiger partial charge in [0, 0.05) is 22.5 Å². The summed E-state index contributed by atoms with van der Waals surface area (Å²) < 4.78 is 8.70. The van der Waals surface area contributed by atoms with Crippen molar-refractivity contribution < 1.29 is 4.74 Å². The molecule has 1 aliphatic heterocycles. The number of aromatic nitrogens is 3. The highest BCUT2D eigenvalue weighted by Gasteiger charge is 2.41. The van der Waals surface area contributed by atoms with E-state index in [2.05, 4.69) is 57.1 Å². The van der Waals surface area contributed by atoms with E-state index in [0.29, 0.717) is 0 Å². The smallest absolute Gasteiger partial charge is 0.133 e. The number of halogens is 1. The second-order valence-electron chi connectivity index (χ2n) is 4.82. The standard InChI is InChI=1S/C13H14IN3O/c1-17-9-15-16-12(17)6-13(7-18-8-13)10-3-2-4-11(14)5-10/h2-5,9H,6-8H2,1H3. The first-order chi connectivity index (χ1) is 8.70. The summed E-state index contributed by atoms with van der Waals surface area (Å²) in [6.45, 7) is 1.53. The molecule has 0 spiro atoms. The second-order valence-corrected chi connectivity index (χ2v) is 6.06. The molecule has 1 aromatic heterocycles. The molecule has 2 heterocycles. The molecule has 0 aliphatic carbocycles. The summed E-state index contributed by atoms with van der Waals surface area (Å²) in [7, 11) is 1.98. The summed E-state index contributed by atoms with van der Waals surface area (Å²) in [5.74, 6) is 1.01.